The van der Waals surface area contributed by atoms with Gasteiger partial charge in [-0.1, -0.05) is 26.2 Å². The molecular weight excluding hydrogens is 244 g/mol. The molecule has 18 heavy (non-hydrogen) atoms. The van der Waals surface area contributed by atoms with E-state index in [0.29, 0.717) is 18.8 Å². The summed E-state index contributed by atoms with van der Waals surface area (Å²) in [5, 5.41) is 0. The first kappa shape index (κ1) is 14.1. The number of Topliss-reactive ketones (excluding diaryl/α,β-unsaturated/α-hetero) is 2. The average molecular weight is 268 g/mol. The summed E-state index contributed by atoms with van der Waals surface area (Å²) in [6, 6.07) is 0. The van der Waals surface area contributed by atoms with Crippen LogP contribution in [0.15, 0.2) is 0 Å². The Bertz CT molecular complexity index is 302. The number of carbonyl (C=O) groups is 2. The van der Waals surface area contributed by atoms with Gasteiger partial charge in [-0.05, 0) is 30.9 Å². The van der Waals surface area contributed by atoms with E-state index in [2.05, 4.69) is 18.7 Å². The lowest BCUT2D eigenvalue weighted by atomic mass is 9.72. The number of rotatable bonds is 4. The summed E-state index contributed by atoms with van der Waals surface area (Å²) >= 11 is 2.05. The van der Waals surface area contributed by atoms with E-state index in [1.165, 1.54) is 44.3 Å². The van der Waals surface area contributed by atoms with Crippen LogP contribution >= 0.6 is 11.8 Å². The molecule has 3 heteroatoms. The first-order valence-electron chi connectivity index (χ1n) is 7.33. The van der Waals surface area contributed by atoms with Gasteiger partial charge >= 0.3 is 0 Å². The van der Waals surface area contributed by atoms with Crippen molar-refractivity contribution in [1.29, 1.82) is 0 Å². The summed E-state index contributed by atoms with van der Waals surface area (Å²) in [6.45, 7) is 2.21. The molecule has 0 unspecified atom stereocenters. The van der Waals surface area contributed by atoms with Crippen LogP contribution in [-0.4, -0.2) is 22.1 Å². The minimum absolute atomic E-state index is 0.179. The third-order valence-corrected chi connectivity index (χ3v) is 6.31. The van der Waals surface area contributed by atoms with Gasteiger partial charge in [0.2, 0.25) is 0 Å². The lowest BCUT2D eigenvalue weighted by molar-refractivity contribution is -0.131. The SMILES string of the molecule is CCCSC1(C2CC(=O)CC(=O)C2)CCCCC1. The lowest BCUT2D eigenvalue weighted by Gasteiger charge is -2.44. The number of ketones is 2. The van der Waals surface area contributed by atoms with Crippen LogP contribution in [0.1, 0.15) is 64.7 Å². The Balaban J connectivity index is 2.11. The molecule has 2 fully saturated rings. The van der Waals surface area contributed by atoms with Gasteiger partial charge < -0.3 is 0 Å². The van der Waals surface area contributed by atoms with Crippen molar-refractivity contribution in [3.8, 4) is 0 Å². The molecule has 0 spiro atoms. The highest BCUT2D eigenvalue weighted by atomic mass is 32.2. The van der Waals surface area contributed by atoms with Gasteiger partial charge in [-0.25, -0.2) is 0 Å². The predicted octanol–water partition coefficient (Wildman–Crippen LogP) is 3.77. The number of thioether (sulfide) groups is 1. The van der Waals surface area contributed by atoms with Gasteiger partial charge in [0.1, 0.15) is 11.6 Å². The Labute approximate surface area is 114 Å². The van der Waals surface area contributed by atoms with E-state index in [1.807, 2.05) is 0 Å². The van der Waals surface area contributed by atoms with Crippen LogP contribution in [0.5, 0.6) is 0 Å². The summed E-state index contributed by atoms with van der Waals surface area (Å²) in [5.74, 6) is 1.85. The van der Waals surface area contributed by atoms with Gasteiger partial charge in [-0.2, -0.15) is 11.8 Å². The van der Waals surface area contributed by atoms with Crippen LogP contribution in [0, 0.1) is 5.92 Å². The molecule has 0 bridgehead atoms. The van der Waals surface area contributed by atoms with Crippen molar-refractivity contribution in [2.24, 2.45) is 5.92 Å². The molecule has 2 saturated carbocycles. The molecule has 0 aromatic carbocycles. The molecule has 2 aliphatic carbocycles. The normalized spacial score (nSPS) is 25.4. The third-order valence-electron chi connectivity index (χ3n) is 4.38. The third kappa shape index (κ3) is 3.17. The summed E-state index contributed by atoms with van der Waals surface area (Å²) in [6.07, 6.45) is 8.98. The van der Waals surface area contributed by atoms with Gasteiger partial charge in [0, 0.05) is 17.6 Å². The first-order chi connectivity index (χ1) is 8.66. The highest BCUT2D eigenvalue weighted by Crippen LogP contribution is 2.49. The maximum Gasteiger partial charge on any atom is 0.140 e. The van der Waals surface area contributed by atoms with Crippen LogP contribution in [0.2, 0.25) is 0 Å². The number of hydrogen-bond donors (Lipinski definition) is 0. The van der Waals surface area contributed by atoms with Crippen molar-refractivity contribution in [3.05, 3.63) is 0 Å². The van der Waals surface area contributed by atoms with E-state index in [9.17, 15) is 9.59 Å². The Hall–Kier alpha value is -0.310. The van der Waals surface area contributed by atoms with E-state index in [-0.39, 0.29) is 22.7 Å². The van der Waals surface area contributed by atoms with Crippen molar-refractivity contribution in [1.82, 2.24) is 0 Å². The molecule has 0 amide bonds. The van der Waals surface area contributed by atoms with E-state index in [1.54, 1.807) is 0 Å². The fourth-order valence-corrected chi connectivity index (χ4v) is 5.07. The second-order valence-electron chi connectivity index (χ2n) is 5.83. The van der Waals surface area contributed by atoms with Crippen molar-refractivity contribution >= 4 is 23.3 Å². The highest BCUT2D eigenvalue weighted by Gasteiger charge is 2.43. The van der Waals surface area contributed by atoms with Gasteiger partial charge in [0.05, 0.1) is 6.42 Å². The molecule has 2 rings (SSSR count). The second-order valence-corrected chi connectivity index (χ2v) is 7.34. The van der Waals surface area contributed by atoms with Crippen LogP contribution in [0.25, 0.3) is 0 Å². The quantitative estimate of drug-likeness (QED) is 0.728. The summed E-state index contributed by atoms with van der Waals surface area (Å²) < 4.78 is 0.236. The van der Waals surface area contributed by atoms with E-state index in [4.69, 9.17) is 0 Å². The zero-order valence-electron chi connectivity index (χ0n) is 11.4. The van der Waals surface area contributed by atoms with Crippen LogP contribution < -0.4 is 0 Å². The molecule has 0 aliphatic heterocycles. The van der Waals surface area contributed by atoms with Gasteiger partial charge in [0.25, 0.3) is 0 Å². The average Bonchev–Trinajstić information content (AvgIpc) is 2.36. The van der Waals surface area contributed by atoms with Gasteiger partial charge in [-0.3, -0.25) is 9.59 Å². The number of hydrogen-bond acceptors (Lipinski definition) is 3. The molecule has 2 nitrogen and oxygen atoms in total. The van der Waals surface area contributed by atoms with Crippen molar-refractivity contribution in [2.75, 3.05) is 5.75 Å². The van der Waals surface area contributed by atoms with Crippen molar-refractivity contribution in [2.45, 2.75) is 69.5 Å². The molecule has 0 aromatic rings. The van der Waals surface area contributed by atoms with E-state index < -0.39 is 0 Å². The van der Waals surface area contributed by atoms with Crippen LogP contribution in [-0.2, 0) is 9.59 Å². The van der Waals surface area contributed by atoms with Crippen molar-refractivity contribution in [3.63, 3.8) is 0 Å². The predicted molar refractivity (Wildman–Crippen MR) is 75.9 cm³/mol. The number of carbonyl (C=O) groups excluding carboxylic acids is 2. The second kappa shape index (κ2) is 6.23. The standard InChI is InChI=1S/C15H24O2S/c1-2-8-18-15(6-4-3-5-7-15)12-9-13(16)11-14(17)10-12/h12H,2-11H2,1H3. The minimum atomic E-state index is 0.179. The van der Waals surface area contributed by atoms with Crippen LogP contribution in [0.3, 0.4) is 0 Å². The van der Waals surface area contributed by atoms with E-state index in [0.717, 1.165) is 0 Å². The zero-order chi connectivity index (χ0) is 13.0. The van der Waals surface area contributed by atoms with Gasteiger partial charge in [0.15, 0.2) is 0 Å². The maximum absolute atomic E-state index is 11.7. The fraction of sp³-hybridized carbons (Fsp3) is 0.867. The molecule has 2 aliphatic rings. The highest BCUT2D eigenvalue weighted by molar-refractivity contribution is 8.00. The summed E-state index contributed by atoms with van der Waals surface area (Å²) in [5.41, 5.74) is 0. The van der Waals surface area contributed by atoms with E-state index >= 15 is 0 Å². The zero-order valence-corrected chi connectivity index (χ0v) is 12.2. The Morgan fingerprint density at radius 1 is 1.11 bits per heavy atom. The molecule has 0 atom stereocenters. The first-order valence-corrected chi connectivity index (χ1v) is 8.32. The molecule has 0 aromatic heterocycles. The molecule has 102 valence electrons. The molecule has 0 heterocycles. The minimum Gasteiger partial charge on any atom is -0.299 e. The molecular formula is C15H24O2S. The van der Waals surface area contributed by atoms with Crippen molar-refractivity contribution < 1.29 is 9.59 Å². The van der Waals surface area contributed by atoms with Gasteiger partial charge in [-0.15, -0.1) is 0 Å². The largest absolute Gasteiger partial charge is 0.299 e. The maximum atomic E-state index is 11.7. The summed E-state index contributed by atoms with van der Waals surface area (Å²) in [7, 11) is 0. The molecule has 0 radical (unpaired) electrons. The molecule has 0 saturated heterocycles. The summed E-state index contributed by atoms with van der Waals surface area (Å²) in [4.78, 5) is 23.4. The molecule has 0 N–H and O–H groups in total. The monoisotopic (exact) mass is 268 g/mol. The smallest absolute Gasteiger partial charge is 0.140 e. The fourth-order valence-electron chi connectivity index (χ4n) is 3.48. The lowest BCUT2D eigenvalue weighted by Crippen LogP contribution is -2.42. The topological polar surface area (TPSA) is 34.1 Å². The van der Waals surface area contributed by atoms with Crippen LogP contribution in [0.4, 0.5) is 0 Å². The Morgan fingerprint density at radius 2 is 1.72 bits per heavy atom. The Kier molecular flexibility index (Phi) is 4.88. The Morgan fingerprint density at radius 3 is 2.28 bits per heavy atom.